The molecule has 0 aliphatic carbocycles. The predicted octanol–water partition coefficient (Wildman–Crippen LogP) is 4.54. The number of carbonyl (C=O) groups excluding carboxylic acids is 1. The van der Waals surface area contributed by atoms with Crippen LogP contribution in [-0.2, 0) is 11.3 Å². The van der Waals surface area contributed by atoms with Crippen LogP contribution in [0.1, 0.15) is 27.9 Å². The van der Waals surface area contributed by atoms with Crippen molar-refractivity contribution in [3.05, 3.63) is 82.7 Å². The van der Waals surface area contributed by atoms with Crippen LogP contribution in [0.5, 0.6) is 0 Å². The zero-order chi connectivity index (χ0) is 19.8. The number of thioether (sulfide) groups is 1. The number of aromatic nitrogens is 2. The number of benzene rings is 2. The first-order valence-corrected chi connectivity index (χ1v) is 9.96. The summed E-state index contributed by atoms with van der Waals surface area (Å²) in [5.74, 6) is -1.01. The van der Waals surface area contributed by atoms with Crippen molar-refractivity contribution in [3.63, 3.8) is 0 Å². The van der Waals surface area contributed by atoms with Gasteiger partial charge >= 0.3 is 0 Å². The average molecular weight is 399 g/mol. The molecule has 28 heavy (non-hydrogen) atoms. The molecule has 0 bridgehead atoms. The molecule has 2 aromatic carbocycles. The van der Waals surface area contributed by atoms with Gasteiger partial charge in [-0.05, 0) is 43.7 Å². The lowest BCUT2D eigenvalue weighted by Gasteiger charge is -2.24. The van der Waals surface area contributed by atoms with Crippen LogP contribution in [0.3, 0.4) is 0 Å². The van der Waals surface area contributed by atoms with Crippen LogP contribution in [0.2, 0.25) is 0 Å². The highest BCUT2D eigenvalue weighted by molar-refractivity contribution is 8.00. The van der Waals surface area contributed by atoms with E-state index in [9.17, 15) is 13.6 Å². The molecule has 1 unspecified atom stereocenters. The summed E-state index contributed by atoms with van der Waals surface area (Å²) in [7, 11) is 0. The highest BCUT2D eigenvalue weighted by atomic mass is 32.2. The van der Waals surface area contributed by atoms with Gasteiger partial charge in [0.05, 0.1) is 17.1 Å². The second kappa shape index (κ2) is 7.39. The fourth-order valence-corrected chi connectivity index (χ4v) is 4.94. The SMILES string of the molecule is Cc1nn(-c2ccccc2)c(C)c1C1SCC(=O)N1Cc1cc(F)cc(F)c1. The lowest BCUT2D eigenvalue weighted by Crippen LogP contribution is -2.28. The van der Waals surface area contributed by atoms with Crippen molar-refractivity contribution in [2.24, 2.45) is 0 Å². The molecule has 0 saturated carbocycles. The number of halogens is 2. The number of nitrogens with zero attached hydrogens (tertiary/aromatic N) is 3. The van der Waals surface area contributed by atoms with E-state index < -0.39 is 11.6 Å². The zero-order valence-corrected chi connectivity index (χ0v) is 16.3. The highest BCUT2D eigenvalue weighted by Crippen LogP contribution is 2.42. The van der Waals surface area contributed by atoms with Gasteiger partial charge in [0, 0.05) is 23.9 Å². The fraction of sp³-hybridized carbons (Fsp3) is 0.238. The van der Waals surface area contributed by atoms with Crippen LogP contribution in [-0.4, -0.2) is 26.3 Å². The molecule has 1 amide bonds. The zero-order valence-electron chi connectivity index (χ0n) is 15.5. The average Bonchev–Trinajstić information content (AvgIpc) is 3.14. The molecule has 1 aromatic heterocycles. The molecule has 7 heteroatoms. The monoisotopic (exact) mass is 399 g/mol. The van der Waals surface area contributed by atoms with Crippen molar-refractivity contribution in [2.45, 2.75) is 25.8 Å². The van der Waals surface area contributed by atoms with E-state index in [4.69, 9.17) is 0 Å². The predicted molar refractivity (Wildman–Crippen MR) is 105 cm³/mol. The molecule has 0 N–H and O–H groups in total. The van der Waals surface area contributed by atoms with Gasteiger partial charge in [0.15, 0.2) is 0 Å². The Labute approximate surface area is 166 Å². The number of para-hydroxylation sites is 1. The molecule has 1 saturated heterocycles. The number of hydrogen-bond acceptors (Lipinski definition) is 3. The quantitative estimate of drug-likeness (QED) is 0.646. The van der Waals surface area contributed by atoms with E-state index in [0.29, 0.717) is 11.3 Å². The first kappa shape index (κ1) is 18.7. The number of amides is 1. The molecule has 144 valence electrons. The Morgan fingerprint density at radius 2 is 1.79 bits per heavy atom. The third-order valence-corrected chi connectivity index (χ3v) is 6.06. The molecular weight excluding hydrogens is 380 g/mol. The number of aryl methyl sites for hydroxylation is 1. The topological polar surface area (TPSA) is 38.1 Å². The fourth-order valence-electron chi connectivity index (χ4n) is 3.60. The summed E-state index contributed by atoms with van der Waals surface area (Å²) in [4.78, 5) is 14.2. The van der Waals surface area contributed by atoms with E-state index in [1.54, 1.807) is 4.90 Å². The van der Waals surface area contributed by atoms with E-state index in [-0.39, 0.29) is 17.8 Å². The Morgan fingerprint density at radius 1 is 1.11 bits per heavy atom. The normalized spacial score (nSPS) is 16.8. The van der Waals surface area contributed by atoms with Crippen molar-refractivity contribution in [1.29, 1.82) is 0 Å². The van der Waals surface area contributed by atoms with Crippen molar-refractivity contribution in [2.75, 3.05) is 5.75 Å². The molecule has 4 nitrogen and oxygen atoms in total. The molecule has 4 rings (SSSR count). The summed E-state index contributed by atoms with van der Waals surface area (Å²) >= 11 is 1.51. The van der Waals surface area contributed by atoms with Gasteiger partial charge in [0.25, 0.3) is 0 Å². The molecule has 0 radical (unpaired) electrons. The second-order valence-corrected chi connectivity index (χ2v) is 7.86. The van der Waals surface area contributed by atoms with Gasteiger partial charge in [-0.15, -0.1) is 11.8 Å². The molecular formula is C21H19F2N3OS. The van der Waals surface area contributed by atoms with Crippen molar-refractivity contribution in [1.82, 2.24) is 14.7 Å². The molecule has 1 atom stereocenters. The van der Waals surface area contributed by atoms with Gasteiger partial charge in [0.2, 0.25) is 5.91 Å². The third kappa shape index (κ3) is 3.42. The van der Waals surface area contributed by atoms with Crippen molar-refractivity contribution < 1.29 is 13.6 Å². The molecule has 1 aliphatic heterocycles. The summed E-state index contributed by atoms with van der Waals surface area (Å²) < 4.78 is 29.0. The van der Waals surface area contributed by atoms with Crippen molar-refractivity contribution >= 4 is 17.7 Å². The smallest absolute Gasteiger partial charge is 0.234 e. The van der Waals surface area contributed by atoms with E-state index in [0.717, 1.165) is 28.7 Å². The van der Waals surface area contributed by atoms with Crippen LogP contribution < -0.4 is 0 Å². The minimum Gasteiger partial charge on any atom is -0.321 e. The Hall–Kier alpha value is -2.67. The van der Waals surface area contributed by atoms with E-state index in [2.05, 4.69) is 5.10 Å². The highest BCUT2D eigenvalue weighted by Gasteiger charge is 2.36. The maximum Gasteiger partial charge on any atom is 0.234 e. The third-order valence-electron chi connectivity index (χ3n) is 4.84. The molecule has 1 aliphatic rings. The van der Waals surface area contributed by atoms with Gasteiger partial charge in [-0.1, -0.05) is 18.2 Å². The second-order valence-electron chi connectivity index (χ2n) is 6.79. The standard InChI is InChI=1S/C21H19F2N3OS/c1-13-20(14(2)26(24-13)18-6-4-3-5-7-18)21-25(19(27)12-28-21)11-15-8-16(22)10-17(23)9-15/h3-10,21H,11-12H2,1-2H3. The lowest BCUT2D eigenvalue weighted by atomic mass is 10.1. The van der Waals surface area contributed by atoms with Gasteiger partial charge in [0.1, 0.15) is 17.0 Å². The maximum absolute atomic E-state index is 13.6. The van der Waals surface area contributed by atoms with Gasteiger partial charge in [-0.25, -0.2) is 13.5 Å². The number of carbonyl (C=O) groups is 1. The summed E-state index contributed by atoms with van der Waals surface area (Å²) in [5.41, 5.74) is 4.14. The van der Waals surface area contributed by atoms with Crippen LogP contribution in [0.25, 0.3) is 5.69 Å². The molecule has 0 spiro atoms. The van der Waals surface area contributed by atoms with E-state index in [1.807, 2.05) is 48.9 Å². The molecule has 2 heterocycles. The minimum atomic E-state index is -0.643. The van der Waals surface area contributed by atoms with Gasteiger partial charge in [-0.3, -0.25) is 4.79 Å². The van der Waals surface area contributed by atoms with Gasteiger partial charge < -0.3 is 4.90 Å². The molecule has 3 aromatic rings. The van der Waals surface area contributed by atoms with Crippen LogP contribution in [0.4, 0.5) is 8.78 Å². The van der Waals surface area contributed by atoms with E-state index in [1.165, 1.54) is 23.9 Å². The van der Waals surface area contributed by atoms with Crippen molar-refractivity contribution in [3.8, 4) is 5.69 Å². The summed E-state index contributed by atoms with van der Waals surface area (Å²) in [5, 5.41) is 4.43. The number of hydrogen-bond donors (Lipinski definition) is 0. The first-order chi connectivity index (χ1) is 13.4. The van der Waals surface area contributed by atoms with E-state index >= 15 is 0 Å². The Bertz CT molecular complexity index is 1020. The first-order valence-electron chi connectivity index (χ1n) is 8.91. The van der Waals surface area contributed by atoms with Crippen LogP contribution in [0.15, 0.2) is 48.5 Å². The largest absolute Gasteiger partial charge is 0.321 e. The maximum atomic E-state index is 13.6. The Balaban J connectivity index is 1.70. The Kier molecular flexibility index (Phi) is 4.93. The van der Waals surface area contributed by atoms with Crippen LogP contribution >= 0.6 is 11.8 Å². The summed E-state index contributed by atoms with van der Waals surface area (Å²) in [6.45, 7) is 4.05. The summed E-state index contributed by atoms with van der Waals surface area (Å²) in [6.07, 6.45) is 0. The summed E-state index contributed by atoms with van der Waals surface area (Å²) in [6, 6.07) is 13.2. The lowest BCUT2D eigenvalue weighted by molar-refractivity contribution is -0.128. The number of rotatable bonds is 4. The minimum absolute atomic E-state index is 0.0501. The van der Waals surface area contributed by atoms with Gasteiger partial charge in [-0.2, -0.15) is 5.10 Å². The Morgan fingerprint density at radius 3 is 2.46 bits per heavy atom. The van der Waals surface area contributed by atoms with Crippen LogP contribution in [0, 0.1) is 25.5 Å². The molecule has 1 fully saturated rings.